The van der Waals surface area contributed by atoms with Gasteiger partial charge in [0.05, 0.1) is 0 Å². The van der Waals surface area contributed by atoms with Gasteiger partial charge in [-0.1, -0.05) is 6.07 Å². The highest BCUT2D eigenvalue weighted by Crippen LogP contribution is 2.32. The number of likely N-dealkylation sites (tertiary alicyclic amines) is 1. The second-order valence-corrected chi connectivity index (χ2v) is 11.6. The number of halogens is 1. The highest BCUT2D eigenvalue weighted by molar-refractivity contribution is 7.97. The molecule has 9 nitrogen and oxygen atoms in total. The van der Waals surface area contributed by atoms with Gasteiger partial charge in [-0.15, -0.1) is 11.3 Å². The highest BCUT2D eigenvalue weighted by atomic mass is 32.2. The van der Waals surface area contributed by atoms with Crippen molar-refractivity contribution >= 4 is 35.0 Å². The first kappa shape index (κ1) is 25.4. The van der Waals surface area contributed by atoms with Crippen molar-refractivity contribution in [2.45, 2.75) is 37.1 Å². The molecule has 0 aliphatic carbocycles. The second kappa shape index (κ2) is 10.6. The lowest BCUT2D eigenvalue weighted by Gasteiger charge is -2.26. The number of hydrogen-bond acceptors (Lipinski definition) is 8. The first-order valence-corrected chi connectivity index (χ1v) is 13.6. The van der Waals surface area contributed by atoms with Crippen LogP contribution in [0.4, 0.5) is 4.39 Å². The van der Waals surface area contributed by atoms with Crippen LogP contribution in [0.25, 0.3) is 16.5 Å². The molecule has 4 heterocycles. The number of carbonyl (C=O) groups is 1. The quantitative estimate of drug-likeness (QED) is 0.356. The van der Waals surface area contributed by atoms with Crippen LogP contribution in [0.1, 0.15) is 29.7 Å². The summed E-state index contributed by atoms with van der Waals surface area (Å²) in [5.74, 6) is -0.557. The fraction of sp³-hybridized carbons (Fsp3) is 0.360. The number of amides is 1. The zero-order valence-electron chi connectivity index (χ0n) is 20.6. The Balaban J connectivity index is 1.44. The molecule has 1 N–H and O–H groups in total. The monoisotopic (exact) mass is 542 g/mol. The summed E-state index contributed by atoms with van der Waals surface area (Å²) in [6, 6.07) is 4.68. The van der Waals surface area contributed by atoms with Crippen molar-refractivity contribution in [3.05, 3.63) is 63.4 Å². The topological polar surface area (TPSA) is 96.0 Å². The van der Waals surface area contributed by atoms with Gasteiger partial charge in [0, 0.05) is 47.9 Å². The van der Waals surface area contributed by atoms with Crippen molar-refractivity contribution in [3.8, 4) is 16.5 Å². The van der Waals surface area contributed by atoms with E-state index in [1.807, 2.05) is 23.3 Å². The maximum atomic E-state index is 13.8. The van der Waals surface area contributed by atoms with Crippen LogP contribution < -0.4 is 5.56 Å². The zero-order chi connectivity index (χ0) is 26.1. The van der Waals surface area contributed by atoms with E-state index >= 15 is 0 Å². The average Bonchev–Trinajstić information content (AvgIpc) is 3.50. The van der Waals surface area contributed by atoms with Crippen LogP contribution in [0.5, 0.6) is 5.75 Å². The van der Waals surface area contributed by atoms with Gasteiger partial charge >= 0.3 is 5.56 Å². The molecule has 5 rings (SSSR count). The van der Waals surface area contributed by atoms with Crippen molar-refractivity contribution in [2.24, 2.45) is 0 Å². The van der Waals surface area contributed by atoms with E-state index in [9.17, 15) is 19.1 Å². The van der Waals surface area contributed by atoms with Gasteiger partial charge < -0.3 is 14.6 Å². The Labute approximate surface area is 221 Å². The molecule has 4 aromatic rings. The molecule has 0 atom stereocenters. The van der Waals surface area contributed by atoms with Gasteiger partial charge in [0.25, 0.3) is 0 Å². The first-order valence-electron chi connectivity index (χ1n) is 12.0. The molecule has 3 aromatic heterocycles. The molecule has 1 saturated heterocycles. The molecule has 194 valence electrons. The van der Waals surface area contributed by atoms with E-state index in [0.29, 0.717) is 11.4 Å². The SMILES string of the molecule is CN(C)Sc1cc(F)ccc1Cc1cnc(-c2nc3n(CC(=O)N4CCCCC4)ccn3c(=O)c2O)s1. The third kappa shape index (κ3) is 5.41. The molecule has 12 heteroatoms. The lowest BCUT2D eigenvalue weighted by atomic mass is 10.1. The smallest absolute Gasteiger partial charge is 0.302 e. The van der Waals surface area contributed by atoms with Crippen LogP contribution in [0.15, 0.2) is 46.5 Å². The molecule has 37 heavy (non-hydrogen) atoms. The Morgan fingerprint density at radius 1 is 1.22 bits per heavy atom. The number of imidazole rings is 1. The number of rotatable bonds is 7. The van der Waals surface area contributed by atoms with E-state index in [-0.39, 0.29) is 29.7 Å². The normalized spacial score (nSPS) is 14.1. The van der Waals surface area contributed by atoms with Crippen LogP contribution in [-0.4, -0.2) is 66.3 Å². The third-order valence-electron chi connectivity index (χ3n) is 6.17. The molecule has 1 amide bonds. The Morgan fingerprint density at radius 3 is 2.76 bits per heavy atom. The number of aromatic nitrogens is 4. The van der Waals surface area contributed by atoms with Crippen molar-refractivity contribution in [1.29, 1.82) is 0 Å². The number of fused-ring (bicyclic) bond motifs is 1. The molecule has 0 saturated carbocycles. The molecule has 1 aliphatic heterocycles. The number of aromatic hydroxyl groups is 1. The minimum Gasteiger partial charge on any atom is -0.501 e. The molecular weight excluding hydrogens is 515 g/mol. The maximum absolute atomic E-state index is 13.8. The summed E-state index contributed by atoms with van der Waals surface area (Å²) in [6.45, 7) is 1.54. The van der Waals surface area contributed by atoms with E-state index in [2.05, 4.69) is 9.97 Å². The largest absolute Gasteiger partial charge is 0.501 e. The number of benzene rings is 1. The molecule has 0 spiro atoms. The molecule has 0 radical (unpaired) electrons. The Hall–Kier alpha value is -3.22. The van der Waals surface area contributed by atoms with Gasteiger partial charge in [-0.05, 0) is 63.0 Å². The van der Waals surface area contributed by atoms with Gasteiger partial charge in [-0.3, -0.25) is 13.9 Å². The van der Waals surface area contributed by atoms with E-state index in [1.165, 1.54) is 46.0 Å². The van der Waals surface area contributed by atoms with Crippen LogP contribution in [0, 0.1) is 5.82 Å². The predicted molar refractivity (Wildman–Crippen MR) is 141 cm³/mol. The van der Waals surface area contributed by atoms with Gasteiger partial charge in [0.2, 0.25) is 17.4 Å². The summed E-state index contributed by atoms with van der Waals surface area (Å²) in [5, 5.41) is 11.0. The minimum absolute atomic E-state index is 0.0242. The molecule has 0 unspecified atom stereocenters. The molecule has 1 aliphatic rings. The fourth-order valence-electron chi connectivity index (χ4n) is 4.37. The predicted octanol–water partition coefficient (Wildman–Crippen LogP) is 3.64. The van der Waals surface area contributed by atoms with Crippen molar-refractivity contribution < 1.29 is 14.3 Å². The number of carbonyl (C=O) groups excluding carboxylic acids is 1. The average molecular weight is 543 g/mol. The molecule has 1 fully saturated rings. The minimum atomic E-state index is -0.621. The Bertz CT molecular complexity index is 1510. The number of thiazole rings is 1. The summed E-state index contributed by atoms with van der Waals surface area (Å²) in [5.41, 5.74) is 0.394. The molecular formula is C25H27FN6O3S2. The summed E-state index contributed by atoms with van der Waals surface area (Å²) in [6.07, 6.45) is 8.43. The van der Waals surface area contributed by atoms with E-state index in [1.54, 1.807) is 23.0 Å². The molecule has 1 aromatic carbocycles. The van der Waals surface area contributed by atoms with Crippen LogP contribution in [-0.2, 0) is 17.8 Å². The van der Waals surface area contributed by atoms with Gasteiger partial charge in [-0.2, -0.15) is 0 Å². The van der Waals surface area contributed by atoms with E-state index < -0.39 is 11.3 Å². The fourth-order valence-corrected chi connectivity index (χ4v) is 6.11. The van der Waals surface area contributed by atoms with E-state index in [0.717, 1.165) is 47.7 Å². The third-order valence-corrected chi connectivity index (χ3v) is 8.12. The first-order chi connectivity index (χ1) is 17.8. The van der Waals surface area contributed by atoms with E-state index in [4.69, 9.17) is 0 Å². The van der Waals surface area contributed by atoms with Crippen LogP contribution >= 0.6 is 23.3 Å². The van der Waals surface area contributed by atoms with Crippen molar-refractivity contribution in [1.82, 2.24) is 28.1 Å². The lowest BCUT2D eigenvalue weighted by Crippen LogP contribution is -2.37. The Kier molecular flexibility index (Phi) is 7.31. The molecule has 0 bridgehead atoms. The highest BCUT2D eigenvalue weighted by Gasteiger charge is 2.22. The summed E-state index contributed by atoms with van der Waals surface area (Å²) in [7, 11) is 3.78. The summed E-state index contributed by atoms with van der Waals surface area (Å²) < 4.78 is 18.6. The number of hydrogen-bond donors (Lipinski definition) is 1. The Morgan fingerprint density at radius 2 is 2.00 bits per heavy atom. The number of nitrogens with zero attached hydrogens (tertiary/aromatic N) is 6. The van der Waals surface area contributed by atoms with Crippen molar-refractivity contribution in [3.63, 3.8) is 0 Å². The lowest BCUT2D eigenvalue weighted by molar-refractivity contribution is -0.132. The summed E-state index contributed by atoms with van der Waals surface area (Å²) >= 11 is 2.74. The van der Waals surface area contributed by atoms with Gasteiger partial charge in [0.1, 0.15) is 17.4 Å². The maximum Gasteiger partial charge on any atom is 0.302 e. The second-order valence-electron chi connectivity index (χ2n) is 9.12. The summed E-state index contributed by atoms with van der Waals surface area (Å²) in [4.78, 5) is 38.2. The van der Waals surface area contributed by atoms with Gasteiger partial charge in [0.15, 0.2) is 5.69 Å². The van der Waals surface area contributed by atoms with Crippen molar-refractivity contribution in [2.75, 3.05) is 27.2 Å². The standard InChI is InChI=1S/C25H27FN6O3S2/c1-29(2)37-19-13-17(26)7-6-16(19)12-18-14-27-23(36-18)21-22(34)24(35)32-11-10-31(25(32)28-21)15-20(33)30-8-4-3-5-9-30/h6-7,10-11,13-14,34H,3-5,8-9,12,15H2,1-2H3. The zero-order valence-corrected chi connectivity index (χ0v) is 22.2. The number of piperidine rings is 1. The van der Waals surface area contributed by atoms with Crippen LogP contribution in [0.2, 0.25) is 0 Å². The van der Waals surface area contributed by atoms with Crippen LogP contribution in [0.3, 0.4) is 0 Å². The van der Waals surface area contributed by atoms with Gasteiger partial charge in [-0.25, -0.2) is 18.8 Å².